The highest BCUT2D eigenvalue weighted by atomic mass is 79.9. The number of nitrogens with zero attached hydrogens (tertiary/aromatic N) is 2. The number of rotatable bonds is 3. The van der Waals surface area contributed by atoms with E-state index in [0.29, 0.717) is 12.1 Å². The Bertz CT molecular complexity index is 585. The van der Waals surface area contributed by atoms with Crippen molar-refractivity contribution in [1.29, 1.82) is 5.26 Å². The van der Waals surface area contributed by atoms with E-state index < -0.39 is 0 Å². The molecule has 1 N–H and O–H groups in total. The first-order chi connectivity index (χ1) is 8.70. The molecule has 2 aromatic rings. The van der Waals surface area contributed by atoms with Gasteiger partial charge in [0.1, 0.15) is 5.82 Å². The molecule has 3 nitrogen and oxygen atoms in total. The van der Waals surface area contributed by atoms with Crippen molar-refractivity contribution in [1.82, 2.24) is 4.98 Å². The lowest BCUT2D eigenvalue weighted by Gasteiger charge is -2.09. The number of aromatic nitrogens is 1. The lowest BCUT2D eigenvalue weighted by atomic mass is 10.1. The standard InChI is InChI=1S/C14H12BrN3/c1-10-6-7-17-14(13(10)15)18-9-12-4-2-11(8-16)3-5-12/h2-7H,9H2,1H3,(H,17,18). The van der Waals surface area contributed by atoms with Gasteiger partial charge in [0.25, 0.3) is 0 Å². The fraction of sp³-hybridized carbons (Fsp3) is 0.143. The smallest absolute Gasteiger partial charge is 0.140 e. The van der Waals surface area contributed by atoms with Gasteiger partial charge in [-0.3, -0.25) is 0 Å². The summed E-state index contributed by atoms with van der Waals surface area (Å²) in [5.74, 6) is 0.833. The van der Waals surface area contributed by atoms with Crippen LogP contribution in [-0.4, -0.2) is 4.98 Å². The number of benzene rings is 1. The average Bonchev–Trinajstić information content (AvgIpc) is 2.41. The molecule has 0 unspecified atom stereocenters. The maximum atomic E-state index is 8.72. The number of aryl methyl sites for hydroxylation is 1. The molecular formula is C14H12BrN3. The second-order valence-electron chi connectivity index (χ2n) is 3.95. The molecule has 0 bridgehead atoms. The van der Waals surface area contributed by atoms with Gasteiger partial charge in [0.05, 0.1) is 16.1 Å². The zero-order valence-corrected chi connectivity index (χ0v) is 11.5. The van der Waals surface area contributed by atoms with E-state index in [1.807, 2.05) is 37.3 Å². The van der Waals surface area contributed by atoms with E-state index in [4.69, 9.17) is 5.26 Å². The summed E-state index contributed by atoms with van der Waals surface area (Å²) in [6, 6.07) is 11.6. The summed E-state index contributed by atoms with van der Waals surface area (Å²) in [5, 5.41) is 12.0. The van der Waals surface area contributed by atoms with Crippen LogP contribution in [0.15, 0.2) is 41.0 Å². The minimum atomic E-state index is 0.675. The van der Waals surface area contributed by atoms with Crippen LogP contribution in [0.3, 0.4) is 0 Å². The van der Waals surface area contributed by atoms with Gasteiger partial charge in [0.15, 0.2) is 0 Å². The maximum absolute atomic E-state index is 8.72. The number of anilines is 1. The highest BCUT2D eigenvalue weighted by Gasteiger charge is 2.03. The zero-order valence-electron chi connectivity index (χ0n) is 9.94. The fourth-order valence-electron chi connectivity index (χ4n) is 1.55. The van der Waals surface area contributed by atoms with Crippen molar-refractivity contribution in [2.75, 3.05) is 5.32 Å². The second kappa shape index (κ2) is 5.65. The Balaban J connectivity index is 2.07. The molecule has 0 aliphatic carbocycles. The first-order valence-corrected chi connectivity index (χ1v) is 6.34. The van der Waals surface area contributed by atoms with Crippen LogP contribution in [0.2, 0.25) is 0 Å². The van der Waals surface area contributed by atoms with E-state index in [-0.39, 0.29) is 0 Å². The van der Waals surface area contributed by atoms with Gasteiger partial charge in [-0.1, -0.05) is 12.1 Å². The van der Waals surface area contributed by atoms with Crippen LogP contribution in [-0.2, 0) is 6.54 Å². The molecule has 0 amide bonds. The number of halogens is 1. The van der Waals surface area contributed by atoms with Crippen molar-refractivity contribution in [2.45, 2.75) is 13.5 Å². The van der Waals surface area contributed by atoms with Crippen LogP contribution < -0.4 is 5.32 Å². The lowest BCUT2D eigenvalue weighted by Crippen LogP contribution is -2.02. The van der Waals surface area contributed by atoms with Crippen molar-refractivity contribution in [3.63, 3.8) is 0 Å². The van der Waals surface area contributed by atoms with Gasteiger partial charge in [-0.2, -0.15) is 5.26 Å². The molecule has 0 aliphatic heterocycles. The molecule has 4 heteroatoms. The maximum Gasteiger partial charge on any atom is 0.140 e. The fourth-order valence-corrected chi connectivity index (χ4v) is 1.92. The van der Waals surface area contributed by atoms with Crippen molar-refractivity contribution < 1.29 is 0 Å². The van der Waals surface area contributed by atoms with Crippen LogP contribution in [0.1, 0.15) is 16.7 Å². The van der Waals surface area contributed by atoms with Gasteiger partial charge in [-0.15, -0.1) is 0 Å². The number of nitriles is 1. The van der Waals surface area contributed by atoms with E-state index in [1.54, 1.807) is 6.20 Å². The monoisotopic (exact) mass is 301 g/mol. The predicted molar refractivity (Wildman–Crippen MR) is 75.2 cm³/mol. The minimum Gasteiger partial charge on any atom is -0.365 e. The van der Waals surface area contributed by atoms with Crippen molar-refractivity contribution in [3.05, 3.63) is 57.7 Å². The van der Waals surface area contributed by atoms with E-state index >= 15 is 0 Å². The third-order valence-corrected chi connectivity index (χ3v) is 3.63. The van der Waals surface area contributed by atoms with Gasteiger partial charge < -0.3 is 5.32 Å². The Labute approximate surface area is 115 Å². The zero-order chi connectivity index (χ0) is 13.0. The van der Waals surface area contributed by atoms with Gasteiger partial charge in [-0.25, -0.2) is 4.98 Å². The average molecular weight is 302 g/mol. The molecule has 0 saturated heterocycles. The topological polar surface area (TPSA) is 48.7 Å². The Morgan fingerprint density at radius 2 is 2.00 bits per heavy atom. The molecule has 1 heterocycles. The summed E-state index contributed by atoms with van der Waals surface area (Å²) in [4.78, 5) is 4.28. The van der Waals surface area contributed by atoms with E-state index in [0.717, 1.165) is 21.4 Å². The van der Waals surface area contributed by atoms with E-state index in [9.17, 15) is 0 Å². The van der Waals surface area contributed by atoms with Crippen LogP contribution in [0.5, 0.6) is 0 Å². The summed E-state index contributed by atoms with van der Waals surface area (Å²) >= 11 is 3.51. The highest BCUT2D eigenvalue weighted by Crippen LogP contribution is 2.23. The van der Waals surface area contributed by atoms with Crippen LogP contribution in [0.4, 0.5) is 5.82 Å². The summed E-state index contributed by atoms with van der Waals surface area (Å²) in [7, 11) is 0. The molecule has 0 atom stereocenters. The molecule has 1 aromatic heterocycles. The second-order valence-corrected chi connectivity index (χ2v) is 4.75. The van der Waals surface area contributed by atoms with E-state index in [2.05, 4.69) is 32.3 Å². The van der Waals surface area contributed by atoms with Crippen molar-refractivity contribution in [2.24, 2.45) is 0 Å². The Hall–Kier alpha value is -1.86. The van der Waals surface area contributed by atoms with Crippen molar-refractivity contribution >= 4 is 21.7 Å². The molecule has 1 aromatic carbocycles. The molecule has 0 spiro atoms. The number of pyridine rings is 1. The first kappa shape index (κ1) is 12.6. The Morgan fingerprint density at radius 3 is 2.67 bits per heavy atom. The highest BCUT2D eigenvalue weighted by molar-refractivity contribution is 9.10. The van der Waals surface area contributed by atoms with Gasteiger partial charge in [-0.05, 0) is 52.2 Å². The molecule has 18 heavy (non-hydrogen) atoms. The summed E-state index contributed by atoms with van der Waals surface area (Å²) < 4.78 is 0.985. The van der Waals surface area contributed by atoms with Gasteiger partial charge in [0.2, 0.25) is 0 Å². The Kier molecular flexibility index (Phi) is 3.96. The van der Waals surface area contributed by atoms with E-state index in [1.165, 1.54) is 0 Å². The Morgan fingerprint density at radius 1 is 1.28 bits per heavy atom. The van der Waals surface area contributed by atoms with Crippen LogP contribution >= 0.6 is 15.9 Å². The van der Waals surface area contributed by atoms with Crippen LogP contribution in [0, 0.1) is 18.3 Å². The molecule has 2 rings (SSSR count). The normalized spacial score (nSPS) is 9.83. The summed E-state index contributed by atoms with van der Waals surface area (Å²) in [6.07, 6.45) is 1.78. The van der Waals surface area contributed by atoms with Crippen molar-refractivity contribution in [3.8, 4) is 6.07 Å². The quantitative estimate of drug-likeness (QED) is 0.941. The SMILES string of the molecule is Cc1ccnc(NCc2ccc(C#N)cc2)c1Br. The molecule has 0 radical (unpaired) electrons. The molecular weight excluding hydrogens is 290 g/mol. The summed E-state index contributed by atoms with van der Waals surface area (Å²) in [6.45, 7) is 2.71. The first-order valence-electron chi connectivity index (χ1n) is 5.54. The number of hydrogen-bond acceptors (Lipinski definition) is 3. The van der Waals surface area contributed by atoms with Gasteiger partial charge >= 0.3 is 0 Å². The molecule has 0 aliphatic rings. The largest absolute Gasteiger partial charge is 0.365 e. The molecule has 90 valence electrons. The van der Waals surface area contributed by atoms with Gasteiger partial charge in [0, 0.05) is 12.7 Å². The lowest BCUT2D eigenvalue weighted by molar-refractivity contribution is 1.10. The third-order valence-electron chi connectivity index (χ3n) is 2.63. The third kappa shape index (κ3) is 2.88. The molecule has 0 fully saturated rings. The number of nitrogens with one attached hydrogen (secondary N) is 1. The number of hydrogen-bond donors (Lipinski definition) is 1. The minimum absolute atomic E-state index is 0.675. The molecule has 0 saturated carbocycles. The van der Waals surface area contributed by atoms with Crippen LogP contribution in [0.25, 0.3) is 0 Å². The summed E-state index contributed by atoms with van der Waals surface area (Å²) in [5.41, 5.74) is 2.94. The predicted octanol–water partition coefficient (Wildman–Crippen LogP) is 3.64.